The highest BCUT2D eigenvalue weighted by molar-refractivity contribution is 5.87. The van der Waals surface area contributed by atoms with Crippen molar-refractivity contribution in [1.29, 1.82) is 0 Å². The summed E-state index contributed by atoms with van der Waals surface area (Å²) in [6, 6.07) is 8.89. The van der Waals surface area contributed by atoms with Crippen LogP contribution in [0, 0.1) is 5.41 Å². The van der Waals surface area contributed by atoms with Crippen LogP contribution in [0.2, 0.25) is 0 Å². The van der Waals surface area contributed by atoms with Crippen LogP contribution in [0.3, 0.4) is 0 Å². The van der Waals surface area contributed by atoms with E-state index in [1.165, 1.54) is 0 Å². The van der Waals surface area contributed by atoms with Crippen molar-refractivity contribution >= 4 is 11.9 Å². The predicted molar refractivity (Wildman–Crippen MR) is 80.4 cm³/mol. The molecule has 4 heteroatoms. The van der Waals surface area contributed by atoms with Crippen LogP contribution < -0.4 is 5.32 Å². The van der Waals surface area contributed by atoms with Crippen LogP contribution in [0.4, 0.5) is 0 Å². The Morgan fingerprint density at radius 3 is 2.48 bits per heavy atom. The maximum absolute atomic E-state index is 12.2. The lowest BCUT2D eigenvalue weighted by molar-refractivity contribution is -0.149. The summed E-state index contributed by atoms with van der Waals surface area (Å²) in [6.07, 6.45) is 3.95. The monoisotopic (exact) mass is 289 g/mol. The fourth-order valence-electron chi connectivity index (χ4n) is 2.67. The van der Waals surface area contributed by atoms with Crippen molar-refractivity contribution in [3.63, 3.8) is 0 Å². The third-order valence-electron chi connectivity index (χ3n) is 4.18. The molecule has 21 heavy (non-hydrogen) atoms. The number of ether oxygens (including phenoxy) is 1. The van der Waals surface area contributed by atoms with Crippen LogP contribution in [-0.2, 0) is 20.9 Å². The van der Waals surface area contributed by atoms with Crippen LogP contribution >= 0.6 is 0 Å². The first kappa shape index (κ1) is 15.5. The van der Waals surface area contributed by atoms with Crippen LogP contribution in [-0.4, -0.2) is 17.9 Å². The van der Waals surface area contributed by atoms with Crippen molar-refractivity contribution < 1.29 is 14.3 Å². The summed E-state index contributed by atoms with van der Waals surface area (Å²) < 4.78 is 5.23. The second-order valence-electron chi connectivity index (χ2n) is 6.06. The van der Waals surface area contributed by atoms with Crippen molar-refractivity contribution in [2.75, 3.05) is 0 Å². The van der Waals surface area contributed by atoms with E-state index in [9.17, 15) is 9.59 Å². The molecule has 0 saturated heterocycles. The number of carbonyl (C=O) groups excluding carboxylic acids is 2. The number of rotatable bonds is 5. The molecule has 1 N–H and O–H groups in total. The molecule has 0 radical (unpaired) electrons. The third kappa shape index (κ3) is 4.06. The van der Waals surface area contributed by atoms with Crippen molar-refractivity contribution in [2.45, 2.75) is 52.2 Å². The molecule has 1 aliphatic carbocycles. The molecule has 0 bridgehead atoms. The summed E-state index contributed by atoms with van der Waals surface area (Å²) in [5, 5.41) is 2.78. The lowest BCUT2D eigenvalue weighted by Gasteiger charge is -2.24. The van der Waals surface area contributed by atoms with E-state index in [1.54, 1.807) is 6.92 Å². The van der Waals surface area contributed by atoms with Crippen LogP contribution in [0.5, 0.6) is 0 Å². The highest BCUT2D eigenvalue weighted by Crippen LogP contribution is 2.37. The maximum atomic E-state index is 12.2. The van der Waals surface area contributed by atoms with Gasteiger partial charge in [-0.1, -0.05) is 50.1 Å². The van der Waals surface area contributed by atoms with Gasteiger partial charge in [0.25, 0.3) is 0 Å². The molecule has 2 rings (SSSR count). The van der Waals surface area contributed by atoms with Crippen molar-refractivity contribution in [2.24, 2.45) is 5.41 Å². The first-order chi connectivity index (χ1) is 10.0. The molecule has 1 aliphatic rings. The minimum atomic E-state index is -0.612. The average molecular weight is 289 g/mol. The van der Waals surface area contributed by atoms with Crippen molar-refractivity contribution in [3.05, 3.63) is 35.9 Å². The Bertz CT molecular complexity index is 492. The van der Waals surface area contributed by atoms with Gasteiger partial charge in [0.05, 0.1) is 0 Å². The van der Waals surface area contributed by atoms with E-state index in [1.807, 2.05) is 37.3 Å². The SMILES string of the molecule is C[C@@H](NC(=O)C1(C)CCCC1)C(=O)OCc1ccccc1. The number of benzene rings is 1. The molecule has 1 aromatic rings. The molecule has 0 spiro atoms. The van der Waals surface area contributed by atoms with E-state index in [2.05, 4.69) is 5.32 Å². The average Bonchev–Trinajstić information content (AvgIpc) is 2.94. The predicted octanol–water partition coefficient (Wildman–Crippen LogP) is 2.81. The Morgan fingerprint density at radius 2 is 1.86 bits per heavy atom. The number of carbonyl (C=O) groups is 2. The summed E-state index contributed by atoms with van der Waals surface area (Å²) in [7, 11) is 0. The fourth-order valence-corrected chi connectivity index (χ4v) is 2.67. The summed E-state index contributed by atoms with van der Waals surface area (Å²) >= 11 is 0. The van der Waals surface area contributed by atoms with Crippen molar-refractivity contribution in [3.8, 4) is 0 Å². The lowest BCUT2D eigenvalue weighted by atomic mass is 9.87. The molecule has 0 unspecified atom stereocenters. The molecule has 1 aromatic carbocycles. The minimum Gasteiger partial charge on any atom is -0.459 e. The van der Waals surface area contributed by atoms with Gasteiger partial charge < -0.3 is 10.1 Å². The first-order valence-electron chi connectivity index (χ1n) is 7.53. The summed E-state index contributed by atoms with van der Waals surface area (Å²) in [4.78, 5) is 24.2. The standard InChI is InChI=1S/C17H23NO3/c1-13(18-16(20)17(2)10-6-7-11-17)15(19)21-12-14-8-4-3-5-9-14/h3-5,8-9,13H,6-7,10-12H2,1-2H3,(H,18,20)/t13-/m1/s1. The first-order valence-corrected chi connectivity index (χ1v) is 7.53. The molecule has 0 aromatic heterocycles. The van der Waals surface area contributed by atoms with Gasteiger partial charge in [0.2, 0.25) is 5.91 Å². The van der Waals surface area contributed by atoms with Crippen LogP contribution in [0.25, 0.3) is 0 Å². The van der Waals surface area contributed by atoms with E-state index in [-0.39, 0.29) is 17.9 Å². The Hall–Kier alpha value is -1.84. The van der Waals surface area contributed by atoms with Gasteiger partial charge in [0.15, 0.2) is 0 Å². The second-order valence-corrected chi connectivity index (χ2v) is 6.06. The Labute approximate surface area is 125 Å². The topological polar surface area (TPSA) is 55.4 Å². The molecular weight excluding hydrogens is 266 g/mol. The summed E-state index contributed by atoms with van der Waals surface area (Å²) in [5.41, 5.74) is 0.612. The lowest BCUT2D eigenvalue weighted by Crippen LogP contribution is -2.45. The molecule has 4 nitrogen and oxygen atoms in total. The molecule has 1 saturated carbocycles. The van der Waals surface area contributed by atoms with Gasteiger partial charge >= 0.3 is 5.97 Å². The number of nitrogens with one attached hydrogen (secondary N) is 1. The number of hydrogen-bond donors (Lipinski definition) is 1. The number of hydrogen-bond acceptors (Lipinski definition) is 3. The zero-order valence-electron chi connectivity index (χ0n) is 12.7. The van der Waals surface area contributed by atoms with Gasteiger partial charge in [-0.15, -0.1) is 0 Å². The Balaban J connectivity index is 1.81. The molecular formula is C17H23NO3. The fraction of sp³-hybridized carbons (Fsp3) is 0.529. The van der Waals surface area contributed by atoms with E-state index in [4.69, 9.17) is 4.74 Å². The molecule has 114 valence electrons. The summed E-state index contributed by atoms with van der Waals surface area (Å²) in [6.45, 7) is 3.87. The Morgan fingerprint density at radius 1 is 1.24 bits per heavy atom. The van der Waals surface area contributed by atoms with Gasteiger partial charge in [-0.05, 0) is 25.3 Å². The largest absolute Gasteiger partial charge is 0.459 e. The maximum Gasteiger partial charge on any atom is 0.328 e. The van der Waals surface area contributed by atoms with Gasteiger partial charge in [0.1, 0.15) is 12.6 Å². The third-order valence-corrected chi connectivity index (χ3v) is 4.18. The Kier molecular flexibility index (Phi) is 4.99. The zero-order valence-corrected chi connectivity index (χ0v) is 12.7. The number of esters is 1. The highest BCUT2D eigenvalue weighted by atomic mass is 16.5. The normalized spacial score (nSPS) is 18.0. The van der Waals surface area contributed by atoms with Crippen LogP contribution in [0.15, 0.2) is 30.3 Å². The molecule has 1 atom stereocenters. The van der Waals surface area contributed by atoms with E-state index in [0.717, 1.165) is 31.2 Å². The van der Waals surface area contributed by atoms with Gasteiger partial charge in [-0.3, -0.25) is 4.79 Å². The quantitative estimate of drug-likeness (QED) is 0.848. The highest BCUT2D eigenvalue weighted by Gasteiger charge is 2.37. The summed E-state index contributed by atoms with van der Waals surface area (Å²) in [5.74, 6) is -0.432. The van der Waals surface area contributed by atoms with Crippen LogP contribution in [0.1, 0.15) is 45.1 Å². The smallest absolute Gasteiger partial charge is 0.328 e. The van der Waals surface area contributed by atoms with Gasteiger partial charge in [-0.2, -0.15) is 0 Å². The molecule has 1 amide bonds. The van der Waals surface area contributed by atoms with E-state index in [0.29, 0.717) is 0 Å². The minimum absolute atomic E-state index is 0.0378. The number of amides is 1. The van der Waals surface area contributed by atoms with Gasteiger partial charge in [-0.25, -0.2) is 4.79 Å². The second kappa shape index (κ2) is 6.74. The molecule has 0 heterocycles. The van der Waals surface area contributed by atoms with E-state index >= 15 is 0 Å². The molecule has 1 fully saturated rings. The van der Waals surface area contributed by atoms with E-state index < -0.39 is 12.0 Å². The van der Waals surface area contributed by atoms with Gasteiger partial charge in [0, 0.05) is 5.41 Å². The van der Waals surface area contributed by atoms with Crippen molar-refractivity contribution in [1.82, 2.24) is 5.32 Å². The zero-order chi connectivity index (χ0) is 15.3. The molecule has 0 aliphatic heterocycles.